The fourth-order valence-corrected chi connectivity index (χ4v) is 4.73. The zero-order valence-corrected chi connectivity index (χ0v) is 15.2. The first-order valence-corrected chi connectivity index (χ1v) is 9.67. The van der Waals surface area contributed by atoms with Gasteiger partial charge in [0.2, 0.25) is 0 Å². The molecule has 25 heavy (non-hydrogen) atoms. The maximum absolute atomic E-state index is 12.5. The van der Waals surface area contributed by atoms with E-state index in [4.69, 9.17) is 4.74 Å². The summed E-state index contributed by atoms with van der Waals surface area (Å²) in [6.07, 6.45) is 5.39. The molecule has 2 aliphatic rings. The number of likely N-dealkylation sites (tertiary alicyclic amines) is 1. The molecule has 0 saturated carbocycles. The second kappa shape index (κ2) is 6.86. The van der Waals surface area contributed by atoms with Gasteiger partial charge in [-0.15, -0.1) is 11.3 Å². The zero-order chi connectivity index (χ0) is 17.3. The molecule has 1 atom stereocenters. The van der Waals surface area contributed by atoms with E-state index in [1.807, 2.05) is 28.4 Å². The van der Waals surface area contributed by atoms with E-state index < -0.39 is 0 Å². The molecular formula is C19H23N3O2S. The highest BCUT2D eigenvalue weighted by Crippen LogP contribution is 2.38. The molecule has 0 radical (unpaired) electrons. The van der Waals surface area contributed by atoms with E-state index in [-0.39, 0.29) is 24.2 Å². The van der Waals surface area contributed by atoms with Gasteiger partial charge in [0.15, 0.2) is 0 Å². The number of hydrogen-bond donors (Lipinski definition) is 0. The van der Waals surface area contributed by atoms with Gasteiger partial charge in [-0.1, -0.05) is 6.07 Å². The first-order valence-electron chi connectivity index (χ1n) is 8.79. The van der Waals surface area contributed by atoms with Gasteiger partial charge in [0, 0.05) is 30.7 Å². The molecule has 4 heterocycles. The average molecular weight is 357 g/mol. The summed E-state index contributed by atoms with van der Waals surface area (Å²) in [6, 6.07) is 8.14. The normalized spacial score (nSPS) is 24.0. The van der Waals surface area contributed by atoms with Crippen LogP contribution in [0.2, 0.25) is 0 Å². The quantitative estimate of drug-likeness (QED) is 0.847. The number of anilines is 1. The van der Waals surface area contributed by atoms with Gasteiger partial charge in [-0.2, -0.15) is 0 Å². The van der Waals surface area contributed by atoms with Crippen molar-refractivity contribution in [3.05, 3.63) is 46.9 Å². The predicted octanol–water partition coefficient (Wildman–Crippen LogP) is 2.93. The van der Waals surface area contributed by atoms with Crippen LogP contribution in [0, 0.1) is 0 Å². The van der Waals surface area contributed by atoms with Crippen molar-refractivity contribution in [1.82, 2.24) is 9.88 Å². The summed E-state index contributed by atoms with van der Waals surface area (Å²) in [5.41, 5.74) is 0.610. The van der Waals surface area contributed by atoms with Crippen LogP contribution in [0.3, 0.4) is 0 Å². The second-order valence-corrected chi connectivity index (χ2v) is 7.89. The van der Waals surface area contributed by atoms with Crippen LogP contribution in [0.4, 0.5) is 5.69 Å². The molecule has 0 aliphatic carbocycles. The van der Waals surface area contributed by atoms with E-state index in [2.05, 4.69) is 34.3 Å². The molecule has 6 heteroatoms. The van der Waals surface area contributed by atoms with E-state index in [9.17, 15) is 4.79 Å². The van der Waals surface area contributed by atoms with E-state index in [1.165, 1.54) is 4.88 Å². The lowest BCUT2D eigenvalue weighted by atomic mass is 9.82. The van der Waals surface area contributed by atoms with Crippen molar-refractivity contribution in [2.45, 2.75) is 38.0 Å². The highest BCUT2D eigenvalue weighted by molar-refractivity contribution is 7.09. The van der Waals surface area contributed by atoms with Crippen LogP contribution in [0.5, 0.6) is 0 Å². The van der Waals surface area contributed by atoms with E-state index in [1.54, 1.807) is 12.4 Å². The number of amides is 1. The van der Waals surface area contributed by atoms with E-state index in [0.29, 0.717) is 0 Å². The third-order valence-electron chi connectivity index (χ3n) is 5.49. The Morgan fingerprint density at radius 3 is 2.84 bits per heavy atom. The van der Waals surface area contributed by atoms with Crippen LogP contribution in [0.25, 0.3) is 0 Å². The topological polar surface area (TPSA) is 45.7 Å². The molecular weight excluding hydrogens is 334 g/mol. The molecule has 2 aromatic rings. The minimum Gasteiger partial charge on any atom is -0.363 e. The summed E-state index contributed by atoms with van der Waals surface area (Å²) in [5, 5.41) is 2.13. The molecule has 0 aromatic carbocycles. The Balaban J connectivity index is 1.48. The third kappa shape index (κ3) is 3.21. The number of nitrogens with zero attached hydrogens (tertiary/aromatic N) is 3. The molecule has 0 bridgehead atoms. The Morgan fingerprint density at radius 2 is 2.16 bits per heavy atom. The number of pyridine rings is 1. The van der Waals surface area contributed by atoms with Gasteiger partial charge in [0.1, 0.15) is 6.61 Å². The van der Waals surface area contributed by atoms with Gasteiger partial charge in [0.25, 0.3) is 5.91 Å². The number of hydrogen-bond acceptors (Lipinski definition) is 5. The number of piperidine rings is 1. The van der Waals surface area contributed by atoms with Crippen LogP contribution in [0.15, 0.2) is 42.0 Å². The fraction of sp³-hybridized carbons (Fsp3) is 0.474. The van der Waals surface area contributed by atoms with Gasteiger partial charge in [-0.3, -0.25) is 14.7 Å². The third-order valence-corrected chi connectivity index (χ3v) is 6.35. The molecule has 1 amide bonds. The fourth-order valence-electron chi connectivity index (χ4n) is 3.99. The number of ether oxygens (including phenoxy) is 1. The van der Waals surface area contributed by atoms with Gasteiger partial charge in [-0.25, -0.2) is 0 Å². The van der Waals surface area contributed by atoms with Crippen LogP contribution >= 0.6 is 11.3 Å². The van der Waals surface area contributed by atoms with Gasteiger partial charge in [-0.05, 0) is 43.3 Å². The molecule has 2 saturated heterocycles. The Bertz CT molecular complexity index is 712. The maximum Gasteiger partial charge on any atom is 0.253 e. The number of carbonyl (C=O) groups excluding carboxylic acids is 1. The number of rotatable bonds is 3. The van der Waals surface area contributed by atoms with Crippen molar-refractivity contribution >= 4 is 22.9 Å². The van der Waals surface area contributed by atoms with Crippen molar-refractivity contribution in [3.63, 3.8) is 0 Å². The summed E-state index contributed by atoms with van der Waals surface area (Å²) in [6.45, 7) is 5.27. The van der Waals surface area contributed by atoms with Crippen molar-refractivity contribution in [2.24, 2.45) is 0 Å². The lowest BCUT2D eigenvalue weighted by Crippen LogP contribution is -2.64. The molecule has 0 N–H and O–H groups in total. The summed E-state index contributed by atoms with van der Waals surface area (Å²) in [5.74, 6) is 0.0205. The van der Waals surface area contributed by atoms with Gasteiger partial charge < -0.3 is 9.64 Å². The Kier molecular flexibility index (Phi) is 4.58. The molecule has 0 unspecified atom stereocenters. The second-order valence-electron chi connectivity index (χ2n) is 6.86. The van der Waals surface area contributed by atoms with E-state index >= 15 is 0 Å². The standard InChI is InChI=1S/C19H23N3O2S/c1-15-19(6-9-21(10-7-19)13-17-5-3-11-25-17)24-14-18(23)22(15)16-4-2-8-20-12-16/h2-5,8,11-12,15H,6-7,9-10,13-14H2,1H3/t15-/m1/s1. The van der Waals surface area contributed by atoms with E-state index in [0.717, 1.165) is 38.2 Å². The number of thiophene rings is 1. The van der Waals surface area contributed by atoms with Crippen molar-refractivity contribution < 1.29 is 9.53 Å². The van der Waals surface area contributed by atoms with Crippen LogP contribution in [0.1, 0.15) is 24.6 Å². The summed E-state index contributed by atoms with van der Waals surface area (Å²) >= 11 is 1.81. The first kappa shape index (κ1) is 16.7. The lowest BCUT2D eigenvalue weighted by Gasteiger charge is -2.51. The molecule has 132 valence electrons. The largest absolute Gasteiger partial charge is 0.363 e. The highest BCUT2D eigenvalue weighted by atomic mass is 32.1. The van der Waals surface area contributed by atoms with Crippen LogP contribution in [-0.2, 0) is 16.1 Å². The van der Waals surface area contributed by atoms with Gasteiger partial charge >= 0.3 is 0 Å². The average Bonchev–Trinajstić information content (AvgIpc) is 3.15. The highest BCUT2D eigenvalue weighted by Gasteiger charge is 2.48. The monoisotopic (exact) mass is 357 g/mol. The molecule has 2 aliphatic heterocycles. The molecule has 5 nitrogen and oxygen atoms in total. The molecule has 1 spiro atoms. The number of aromatic nitrogens is 1. The van der Waals surface area contributed by atoms with Crippen molar-refractivity contribution in [2.75, 3.05) is 24.6 Å². The molecule has 4 rings (SSSR count). The summed E-state index contributed by atoms with van der Waals surface area (Å²) in [7, 11) is 0. The zero-order valence-electron chi connectivity index (χ0n) is 14.4. The Labute approximate surface area is 152 Å². The number of morpholine rings is 1. The minimum absolute atomic E-state index is 0.0156. The minimum atomic E-state index is -0.254. The maximum atomic E-state index is 12.5. The van der Waals surface area contributed by atoms with Gasteiger partial charge in [0.05, 0.1) is 23.5 Å². The Morgan fingerprint density at radius 1 is 1.32 bits per heavy atom. The van der Waals surface area contributed by atoms with Crippen LogP contribution in [-0.4, -0.2) is 47.1 Å². The first-order chi connectivity index (χ1) is 12.2. The SMILES string of the molecule is C[C@H]1N(c2cccnc2)C(=O)COC12CCN(Cc1cccs1)CC2. The van der Waals surface area contributed by atoms with Crippen molar-refractivity contribution in [3.8, 4) is 0 Å². The van der Waals surface area contributed by atoms with Crippen molar-refractivity contribution in [1.29, 1.82) is 0 Å². The predicted molar refractivity (Wildman–Crippen MR) is 98.7 cm³/mol. The smallest absolute Gasteiger partial charge is 0.253 e. The lowest BCUT2D eigenvalue weighted by molar-refractivity contribution is -0.152. The summed E-state index contributed by atoms with van der Waals surface area (Å²) in [4.78, 5) is 22.4. The molecule has 2 fully saturated rings. The molecule has 2 aromatic heterocycles. The number of carbonyl (C=O) groups is 1. The Hall–Kier alpha value is -1.76. The summed E-state index contributed by atoms with van der Waals surface area (Å²) < 4.78 is 6.13. The van der Waals surface area contributed by atoms with Crippen LogP contribution < -0.4 is 4.90 Å².